The minimum absolute atomic E-state index is 1.00. The molecule has 9 aromatic heterocycles. The molecule has 0 saturated carbocycles. The average Bonchev–Trinajstić information content (AvgIpc) is 2.35. The Hall–Kier alpha value is -8.50. The van der Waals surface area contributed by atoms with E-state index in [9.17, 15) is 0 Å². The first-order chi connectivity index (χ1) is 43.9. The van der Waals surface area contributed by atoms with Crippen molar-refractivity contribution in [3.05, 3.63) is 242 Å². The van der Waals surface area contributed by atoms with Gasteiger partial charge in [-0.25, -0.2) is 32.8 Å². The van der Waals surface area contributed by atoms with Crippen molar-refractivity contribution in [1.29, 1.82) is 0 Å². The summed E-state index contributed by atoms with van der Waals surface area (Å²) in [6.45, 7) is 50.3. The van der Waals surface area contributed by atoms with Gasteiger partial charge >= 0.3 is 0 Å². The van der Waals surface area contributed by atoms with Crippen LogP contribution in [-0.2, 0) is 35.2 Å². The van der Waals surface area contributed by atoms with Gasteiger partial charge in [-0.05, 0) is 112 Å². The molecule has 0 amide bonds. The fourth-order valence-electron chi connectivity index (χ4n) is 7.77. The topological polar surface area (TPSA) is 83.9 Å². The molecule has 0 saturated heterocycles. The van der Waals surface area contributed by atoms with Crippen molar-refractivity contribution >= 4 is 0 Å². The molecule has 0 bridgehead atoms. The molecular weight excluding hydrogens is 1100 g/mol. The van der Waals surface area contributed by atoms with Crippen molar-refractivity contribution in [3.63, 3.8) is 0 Å². The van der Waals surface area contributed by atoms with Gasteiger partial charge in [0.15, 0.2) is 31.0 Å². The molecule has 490 valence electrons. The summed E-state index contributed by atoms with van der Waals surface area (Å²) in [5, 5.41) is 0. The highest BCUT2D eigenvalue weighted by molar-refractivity contribution is 5.62. The third-order valence-corrected chi connectivity index (χ3v) is 11.8. The highest BCUT2D eigenvalue weighted by atomic mass is 14.9. The summed E-state index contributed by atoms with van der Waals surface area (Å²) in [5.74, 6) is 0. The summed E-state index contributed by atoms with van der Waals surface area (Å²) in [7, 11) is 10.2. The minimum Gasteiger partial charge on any atom is -0.264 e. The van der Waals surface area contributed by atoms with Crippen LogP contribution in [0.4, 0.5) is 0 Å². The highest BCUT2D eigenvalue weighted by Gasteiger charge is 2.14. The Balaban J connectivity index is -0.000000312. The number of benzene rings is 1. The predicted molar refractivity (Wildman–Crippen MR) is 391 cm³/mol. The number of aromatic nitrogens is 10. The van der Waals surface area contributed by atoms with E-state index in [2.05, 4.69) is 168 Å². The molecule has 0 unspecified atom stereocenters. The zero-order chi connectivity index (χ0) is 69.8. The van der Waals surface area contributed by atoms with Gasteiger partial charge in [0.05, 0.1) is 33.6 Å². The van der Waals surface area contributed by atoms with Crippen LogP contribution in [0.3, 0.4) is 0 Å². The Bertz CT molecular complexity index is 2540. The third-order valence-electron chi connectivity index (χ3n) is 11.8. The predicted octanol–water partition coefficient (Wildman–Crippen LogP) is 19.7. The van der Waals surface area contributed by atoms with Crippen LogP contribution < -0.4 is 22.8 Å². The van der Waals surface area contributed by atoms with Crippen molar-refractivity contribution in [1.82, 2.24) is 24.9 Å². The summed E-state index contributed by atoms with van der Waals surface area (Å²) < 4.78 is 10.5. The van der Waals surface area contributed by atoms with Crippen molar-refractivity contribution in [2.45, 2.75) is 173 Å². The van der Waals surface area contributed by atoms with E-state index in [1.165, 1.54) is 61.7 Å². The van der Waals surface area contributed by atoms with Crippen molar-refractivity contribution in [2.24, 2.45) is 35.2 Å². The molecule has 1 aromatic carbocycles. The van der Waals surface area contributed by atoms with Crippen molar-refractivity contribution < 1.29 is 22.8 Å². The first-order valence-electron chi connectivity index (χ1n) is 33.2. The van der Waals surface area contributed by atoms with E-state index < -0.39 is 0 Å². The normalized spacial score (nSPS) is 8.56. The zero-order valence-corrected chi connectivity index (χ0v) is 62.2. The fraction of sp³-hybridized carbons (Fsp3) is 0.375. The molecule has 0 aliphatic rings. The van der Waals surface area contributed by atoms with Gasteiger partial charge < -0.3 is 0 Å². The molecule has 0 spiro atoms. The molecule has 10 aromatic rings. The molecular formula is C80H125N10+5. The summed E-state index contributed by atoms with van der Waals surface area (Å²) in [6, 6.07) is 47.5. The molecule has 90 heavy (non-hydrogen) atoms. The molecule has 10 heteroatoms. The lowest BCUT2D eigenvalue weighted by Gasteiger charge is -2.02. The maximum absolute atomic E-state index is 4.28. The van der Waals surface area contributed by atoms with Crippen LogP contribution >= 0.6 is 0 Å². The summed E-state index contributed by atoms with van der Waals surface area (Å²) in [6.07, 6.45) is 22.9. The standard InChI is InChI=1S/C13H14N.3C12H13N2.C11H12N3.10C2H6/c1-11-7-3-4-8-12(11)13-9-5-6-10-14(13)2;1-10-11(6-5-8-13-10)12-7-3-4-9-14(12)2;1-10-9-13-7-6-11(10)12-5-3-4-8-14(12)2;1-10-6-7-13-9-11(10)12-5-3-4-8-14(12)2;1-9-10(7-12-8-13-9)11-5-3-4-6-14(11)2;10*1-2/h3-10H,1-2H3;3*3-9H,1-2H3;3-8H,1-2H3;10*1-2H3/q5*+1;;;;;;;;;;. The van der Waals surface area contributed by atoms with Crippen LogP contribution in [0.2, 0.25) is 0 Å². The number of hydrogen-bond acceptors (Lipinski definition) is 5. The third kappa shape index (κ3) is 33.2. The van der Waals surface area contributed by atoms with Gasteiger partial charge in [0, 0.05) is 103 Å². The summed E-state index contributed by atoms with van der Waals surface area (Å²) in [5.41, 5.74) is 17.8. The summed E-state index contributed by atoms with van der Waals surface area (Å²) >= 11 is 0. The minimum atomic E-state index is 1.00. The fourth-order valence-corrected chi connectivity index (χ4v) is 7.77. The maximum atomic E-state index is 4.28. The molecule has 9 heterocycles. The van der Waals surface area contributed by atoms with Gasteiger partial charge in [-0.1, -0.05) is 157 Å². The Labute approximate surface area is 551 Å². The second-order valence-electron chi connectivity index (χ2n) is 16.8. The Morgan fingerprint density at radius 3 is 0.900 bits per heavy atom. The van der Waals surface area contributed by atoms with Crippen LogP contribution in [0.25, 0.3) is 56.3 Å². The second kappa shape index (κ2) is 60.8. The first-order valence-corrected chi connectivity index (χ1v) is 33.2. The maximum Gasteiger partial charge on any atom is 0.215 e. The lowest BCUT2D eigenvalue weighted by molar-refractivity contribution is -0.660. The van der Waals surface area contributed by atoms with Crippen molar-refractivity contribution in [3.8, 4) is 56.3 Å². The van der Waals surface area contributed by atoms with E-state index in [1.807, 2.05) is 296 Å². The number of nitrogens with zero attached hydrogens (tertiary/aromatic N) is 10. The molecule has 0 N–H and O–H groups in total. The monoisotopic (exact) mass is 1230 g/mol. The van der Waals surface area contributed by atoms with Gasteiger partial charge in [-0.2, -0.15) is 0 Å². The lowest BCUT2D eigenvalue weighted by Crippen LogP contribution is -2.30. The van der Waals surface area contributed by atoms with Gasteiger partial charge in [0.2, 0.25) is 28.5 Å². The van der Waals surface area contributed by atoms with E-state index in [0.717, 1.165) is 22.6 Å². The number of rotatable bonds is 5. The quantitative estimate of drug-likeness (QED) is 0.160. The van der Waals surface area contributed by atoms with E-state index in [4.69, 9.17) is 0 Å². The molecule has 0 aliphatic carbocycles. The molecule has 10 rings (SSSR count). The zero-order valence-electron chi connectivity index (χ0n) is 62.2. The van der Waals surface area contributed by atoms with E-state index in [-0.39, 0.29) is 0 Å². The molecule has 0 fully saturated rings. The summed E-state index contributed by atoms with van der Waals surface area (Å²) in [4.78, 5) is 20.7. The van der Waals surface area contributed by atoms with Crippen LogP contribution in [0.5, 0.6) is 0 Å². The molecule has 0 radical (unpaired) electrons. The first kappa shape index (κ1) is 90.2. The molecule has 0 aliphatic heterocycles. The van der Waals surface area contributed by atoms with Crippen LogP contribution in [0, 0.1) is 34.6 Å². The van der Waals surface area contributed by atoms with Gasteiger partial charge in [-0.3, -0.25) is 15.0 Å². The van der Waals surface area contributed by atoms with E-state index in [0.29, 0.717) is 0 Å². The molecule has 10 nitrogen and oxygen atoms in total. The Morgan fingerprint density at radius 2 is 0.533 bits per heavy atom. The Kier molecular flexibility index (Phi) is 60.9. The molecule has 0 atom stereocenters. The smallest absolute Gasteiger partial charge is 0.215 e. The largest absolute Gasteiger partial charge is 0.264 e. The van der Waals surface area contributed by atoms with Gasteiger partial charge in [0.1, 0.15) is 41.6 Å². The van der Waals surface area contributed by atoms with Gasteiger partial charge in [0.25, 0.3) is 0 Å². The number of aryl methyl sites for hydroxylation is 10. The second-order valence-corrected chi connectivity index (χ2v) is 16.8. The van der Waals surface area contributed by atoms with Crippen LogP contribution in [-0.4, -0.2) is 24.9 Å². The van der Waals surface area contributed by atoms with E-state index in [1.54, 1.807) is 6.33 Å². The van der Waals surface area contributed by atoms with Crippen molar-refractivity contribution in [2.75, 3.05) is 0 Å². The number of hydrogen-bond donors (Lipinski definition) is 0. The average molecular weight is 1230 g/mol. The van der Waals surface area contributed by atoms with E-state index >= 15 is 0 Å². The highest BCUT2D eigenvalue weighted by Crippen LogP contribution is 2.21. The Morgan fingerprint density at radius 1 is 0.233 bits per heavy atom. The van der Waals surface area contributed by atoms with Crippen LogP contribution in [0.1, 0.15) is 167 Å². The number of pyridine rings is 8. The lowest BCUT2D eigenvalue weighted by atomic mass is 10.1. The SMILES string of the molecule is CC.CC.CC.CC.CC.CC.CC.CC.CC.CC.Cc1ccccc1-c1cccc[n+]1C.Cc1ccncc1-c1cccc[n+]1C.Cc1cnccc1-c1cccc[n+]1C.Cc1ncccc1-c1cccc[n+]1C.Cc1ncncc1-c1cccc[n+]1C. The van der Waals surface area contributed by atoms with Gasteiger partial charge in [-0.15, -0.1) is 0 Å². The van der Waals surface area contributed by atoms with Crippen LogP contribution in [0.15, 0.2) is 214 Å².